The minimum absolute atomic E-state index is 0.780. The molecular formula is C104H84N8O4. The third-order valence-corrected chi connectivity index (χ3v) is 21.4. The maximum absolute atomic E-state index is 6.22. The molecule has 6 aromatic heterocycles. The summed E-state index contributed by atoms with van der Waals surface area (Å²) in [6, 6.07) is 84.7. The van der Waals surface area contributed by atoms with Gasteiger partial charge in [-0.15, -0.1) is 0 Å². The average molecular weight is 1510 g/mol. The van der Waals surface area contributed by atoms with Crippen molar-refractivity contribution in [3.05, 3.63) is 363 Å². The van der Waals surface area contributed by atoms with Crippen molar-refractivity contribution in [2.24, 2.45) is 0 Å². The summed E-state index contributed by atoms with van der Waals surface area (Å²) in [6.07, 6.45) is 25.4. The average Bonchev–Trinajstić information content (AvgIpc) is 0.737. The Kier molecular flexibility index (Phi) is 21.9. The number of aromatic nitrogens is 8. The van der Waals surface area contributed by atoms with Gasteiger partial charge in [-0.25, -0.2) is 19.9 Å². The topological polar surface area (TPSA) is 140 Å². The Bertz CT molecular complexity index is 5860. The molecule has 0 aliphatic carbocycles. The zero-order valence-corrected chi connectivity index (χ0v) is 66.4. The summed E-state index contributed by atoms with van der Waals surface area (Å²) < 4.78 is 24.9. The Morgan fingerprint density at radius 1 is 0.198 bits per heavy atom. The summed E-state index contributed by atoms with van der Waals surface area (Å²) in [5.74, 6) is 3.14. The highest BCUT2D eigenvalue weighted by molar-refractivity contribution is 6.19. The molecule has 12 nitrogen and oxygen atoms in total. The summed E-state index contributed by atoms with van der Waals surface area (Å²) in [6.45, 7) is 13.2. The molecule has 12 aromatic carbocycles. The molecule has 12 heteroatoms. The highest BCUT2D eigenvalue weighted by Gasteiger charge is 2.29. The largest absolute Gasteiger partial charge is 0.495 e. The maximum Gasteiger partial charge on any atom is 0.135 e. The van der Waals surface area contributed by atoms with Gasteiger partial charge in [-0.3, -0.25) is 19.9 Å². The van der Waals surface area contributed by atoms with Crippen LogP contribution in [0.2, 0.25) is 0 Å². The molecule has 0 amide bonds. The SMILES string of the molecule is COc1c(-c2ccccc2)cc(-c2cccnc2)c2c(OC)c(-c3ccccc3)cc(-c3cccnc3)c12.COc1c(-c2cccnc2)cc(-c2ccccc2)c2c(OC)c(-c3cccnc3)cc(-c3ccccc3)c12.Cc1cc(C)c(-c2cc(-c3cncnc3)cc3c(-c4c(C)cc(C)cc4C)cc(-c4cncnc4)cc23)c(C)c1. The first-order valence-electron chi connectivity index (χ1n) is 38.5. The van der Waals surface area contributed by atoms with Crippen LogP contribution in [0.4, 0.5) is 0 Å². The Morgan fingerprint density at radius 3 is 0.690 bits per heavy atom. The van der Waals surface area contributed by atoms with E-state index in [0.29, 0.717) is 0 Å². The third kappa shape index (κ3) is 15.0. The van der Waals surface area contributed by atoms with E-state index >= 15 is 0 Å². The van der Waals surface area contributed by atoms with Crippen LogP contribution in [0, 0.1) is 41.5 Å². The van der Waals surface area contributed by atoms with Gasteiger partial charge >= 0.3 is 0 Å². The van der Waals surface area contributed by atoms with Gasteiger partial charge in [-0.2, -0.15) is 0 Å². The summed E-state index contributed by atoms with van der Waals surface area (Å²) in [5.41, 5.74) is 33.1. The van der Waals surface area contributed by atoms with E-state index in [4.69, 9.17) is 18.9 Å². The first-order valence-corrected chi connectivity index (χ1v) is 38.5. The van der Waals surface area contributed by atoms with Gasteiger partial charge in [0.05, 0.1) is 28.4 Å². The lowest BCUT2D eigenvalue weighted by Gasteiger charge is -2.23. The number of rotatable bonds is 16. The number of hydrogen-bond acceptors (Lipinski definition) is 12. The second kappa shape index (κ2) is 33.8. The normalized spacial score (nSPS) is 11.0. The summed E-state index contributed by atoms with van der Waals surface area (Å²) in [4.78, 5) is 35.0. The fraction of sp³-hybridized carbons (Fsp3) is 0.0962. The Hall–Kier alpha value is -14.6. The molecule has 0 bridgehead atoms. The number of ether oxygens (including phenoxy) is 4. The van der Waals surface area contributed by atoms with Crippen molar-refractivity contribution in [3.8, 4) is 157 Å². The van der Waals surface area contributed by atoms with Gasteiger partial charge in [-0.1, -0.05) is 181 Å². The van der Waals surface area contributed by atoms with Crippen LogP contribution in [0.3, 0.4) is 0 Å². The highest BCUT2D eigenvalue weighted by atomic mass is 16.5. The standard InChI is InChI=1S/C36H32N4.2C34H26N2O2/c1-21-7-23(3)35(24(4)8-21)33-13-27(29-15-37-19-38-16-29)12-32-31(33)11-28(30-17-39-20-40-18-30)14-34(32)36-25(5)9-22(2)10-26(36)6;1-37-33-29(23-11-5-3-6-12-23)19-28(26-16-10-18-36-22-26)32-31(33)27(25-15-9-17-35-21-25)20-30(34(32)38-2)24-13-7-4-8-14-24;1-37-33-29(25-15-9-17-35-21-25)19-28(24-13-7-4-8-14-24)32-31(33)27(23-11-5-3-6-12-23)20-30(34(32)38-2)26-16-10-18-36-22-26/h7-20H,1-6H3;2*3-22H,1-2H3. The van der Waals surface area contributed by atoms with Gasteiger partial charge in [0.1, 0.15) is 35.7 Å². The zero-order valence-electron chi connectivity index (χ0n) is 66.4. The molecule has 0 spiro atoms. The molecular weight excluding hydrogens is 1430 g/mol. The van der Waals surface area contributed by atoms with E-state index in [9.17, 15) is 0 Å². The monoisotopic (exact) mass is 1510 g/mol. The van der Waals surface area contributed by atoms with Crippen molar-refractivity contribution in [3.63, 3.8) is 0 Å². The zero-order chi connectivity index (χ0) is 79.8. The quantitative estimate of drug-likeness (QED) is 0.0909. The number of pyridine rings is 4. The first-order chi connectivity index (χ1) is 56.9. The summed E-state index contributed by atoms with van der Waals surface area (Å²) in [5, 5.41) is 6.32. The van der Waals surface area contributed by atoms with E-state index in [1.807, 2.05) is 122 Å². The maximum atomic E-state index is 6.22. The van der Waals surface area contributed by atoms with Gasteiger partial charge in [0, 0.05) is 152 Å². The van der Waals surface area contributed by atoms with Crippen molar-refractivity contribution in [1.82, 2.24) is 39.9 Å². The van der Waals surface area contributed by atoms with Gasteiger partial charge in [-0.05, 0) is 225 Å². The molecule has 0 N–H and O–H groups in total. The van der Waals surface area contributed by atoms with Crippen LogP contribution in [-0.4, -0.2) is 68.3 Å². The van der Waals surface area contributed by atoms with E-state index in [1.54, 1.807) is 65.9 Å². The van der Waals surface area contributed by atoms with Crippen LogP contribution >= 0.6 is 0 Å². The second-order valence-corrected chi connectivity index (χ2v) is 28.9. The van der Waals surface area contributed by atoms with E-state index < -0.39 is 0 Å². The first kappa shape index (κ1) is 75.4. The lowest BCUT2D eigenvalue weighted by Crippen LogP contribution is -1.99. The minimum Gasteiger partial charge on any atom is -0.495 e. The molecule has 0 radical (unpaired) electrons. The Balaban J connectivity index is 0.000000131. The van der Waals surface area contributed by atoms with E-state index in [2.05, 4.69) is 251 Å². The molecule has 116 heavy (non-hydrogen) atoms. The van der Waals surface area contributed by atoms with Crippen LogP contribution in [0.15, 0.2) is 330 Å². The van der Waals surface area contributed by atoms with Crippen molar-refractivity contribution >= 4 is 32.3 Å². The number of nitrogens with zero attached hydrogens (tertiary/aromatic N) is 8. The third-order valence-electron chi connectivity index (χ3n) is 21.4. The van der Waals surface area contributed by atoms with Crippen LogP contribution in [0.25, 0.3) is 166 Å². The summed E-state index contributed by atoms with van der Waals surface area (Å²) >= 11 is 0. The number of methoxy groups -OCH3 is 4. The van der Waals surface area contributed by atoms with Gasteiger partial charge in [0.15, 0.2) is 0 Å². The molecule has 0 aliphatic heterocycles. The van der Waals surface area contributed by atoms with E-state index in [0.717, 1.165) is 156 Å². The Labute approximate surface area is 676 Å². The number of benzene rings is 12. The molecule has 0 saturated heterocycles. The highest BCUT2D eigenvalue weighted by Crippen LogP contribution is 2.55. The van der Waals surface area contributed by atoms with Crippen molar-refractivity contribution < 1.29 is 18.9 Å². The van der Waals surface area contributed by atoms with Gasteiger partial charge in [0.25, 0.3) is 0 Å². The predicted octanol–water partition coefficient (Wildman–Crippen LogP) is 25.6. The van der Waals surface area contributed by atoms with Crippen LogP contribution in [0.1, 0.15) is 33.4 Å². The fourth-order valence-corrected chi connectivity index (χ4v) is 16.6. The molecule has 0 aliphatic rings. The molecule has 564 valence electrons. The second-order valence-electron chi connectivity index (χ2n) is 28.9. The molecule has 0 fully saturated rings. The van der Waals surface area contributed by atoms with E-state index in [1.165, 1.54) is 66.4 Å². The van der Waals surface area contributed by atoms with E-state index in [-0.39, 0.29) is 0 Å². The summed E-state index contributed by atoms with van der Waals surface area (Å²) in [7, 11) is 6.92. The lowest BCUT2D eigenvalue weighted by atomic mass is 9.83. The molecule has 0 atom stereocenters. The van der Waals surface area contributed by atoms with Crippen LogP contribution in [-0.2, 0) is 0 Å². The fourth-order valence-electron chi connectivity index (χ4n) is 16.6. The number of hydrogen-bond donors (Lipinski definition) is 0. The van der Waals surface area contributed by atoms with Gasteiger partial charge < -0.3 is 18.9 Å². The molecule has 0 saturated carbocycles. The van der Waals surface area contributed by atoms with Crippen molar-refractivity contribution in [2.45, 2.75) is 41.5 Å². The van der Waals surface area contributed by atoms with Crippen LogP contribution in [0.5, 0.6) is 23.0 Å². The van der Waals surface area contributed by atoms with Crippen LogP contribution < -0.4 is 18.9 Å². The Morgan fingerprint density at radius 2 is 0.431 bits per heavy atom. The molecule has 0 unspecified atom stereocenters. The van der Waals surface area contributed by atoms with Crippen molar-refractivity contribution in [2.75, 3.05) is 28.4 Å². The lowest BCUT2D eigenvalue weighted by molar-refractivity contribution is 0.417. The number of fused-ring (bicyclic) bond motifs is 3. The molecule has 18 rings (SSSR count). The minimum atomic E-state index is 0.780. The molecule has 18 aromatic rings. The predicted molar refractivity (Wildman–Crippen MR) is 474 cm³/mol. The number of aryl methyl sites for hydroxylation is 6. The van der Waals surface area contributed by atoms with Crippen molar-refractivity contribution in [1.29, 1.82) is 0 Å². The smallest absolute Gasteiger partial charge is 0.135 e. The molecule has 6 heterocycles. The van der Waals surface area contributed by atoms with Gasteiger partial charge in [0.2, 0.25) is 0 Å².